The van der Waals surface area contributed by atoms with E-state index in [1.54, 1.807) is 0 Å². The minimum Gasteiger partial charge on any atom is -0.329 e. The molecule has 4 nitrogen and oxygen atoms in total. The Labute approximate surface area is 131 Å². The lowest BCUT2D eigenvalue weighted by molar-refractivity contribution is 0.190. The Morgan fingerprint density at radius 3 is 2.48 bits per heavy atom. The molecule has 0 saturated carbocycles. The van der Waals surface area contributed by atoms with Crippen LogP contribution in [-0.4, -0.2) is 28.3 Å². The summed E-state index contributed by atoms with van der Waals surface area (Å²) < 4.78 is 1.93. The largest absolute Gasteiger partial charge is 0.329 e. The van der Waals surface area contributed by atoms with E-state index < -0.39 is 0 Å². The fourth-order valence-electron chi connectivity index (χ4n) is 2.51. The van der Waals surface area contributed by atoms with E-state index in [1.807, 2.05) is 23.0 Å². The van der Waals surface area contributed by atoms with Crippen LogP contribution in [0.1, 0.15) is 37.1 Å². The van der Waals surface area contributed by atoms with E-state index in [-0.39, 0.29) is 12.1 Å². The lowest BCUT2D eigenvalue weighted by Gasteiger charge is -2.32. The summed E-state index contributed by atoms with van der Waals surface area (Å²) in [6.07, 6.45) is 3.98. The second-order valence-electron chi connectivity index (χ2n) is 5.27. The van der Waals surface area contributed by atoms with Gasteiger partial charge in [0, 0.05) is 35.9 Å². The number of rotatable bonds is 6. The van der Waals surface area contributed by atoms with Crippen LogP contribution in [-0.2, 0) is 6.54 Å². The standard InChI is InChI=1S/C16H23ClN4/c1-4-21-11-14(10-19-21)16(9-18)20(3)12(2)13-5-7-15(17)8-6-13/h5-8,10-12,16H,4,9,18H2,1-3H3. The molecule has 0 fully saturated rings. The molecule has 0 spiro atoms. The third-order valence-electron chi connectivity index (χ3n) is 4.04. The van der Waals surface area contributed by atoms with Crippen molar-refractivity contribution in [1.82, 2.24) is 14.7 Å². The van der Waals surface area contributed by atoms with Gasteiger partial charge in [-0.1, -0.05) is 23.7 Å². The number of halogens is 1. The van der Waals surface area contributed by atoms with Crippen molar-refractivity contribution in [3.05, 3.63) is 52.8 Å². The number of aryl methyl sites for hydroxylation is 1. The van der Waals surface area contributed by atoms with Gasteiger partial charge in [-0.15, -0.1) is 0 Å². The summed E-state index contributed by atoms with van der Waals surface area (Å²) in [4.78, 5) is 2.28. The van der Waals surface area contributed by atoms with Crippen LogP contribution in [0.4, 0.5) is 0 Å². The molecular formula is C16H23ClN4. The molecule has 2 rings (SSSR count). The molecule has 0 amide bonds. The van der Waals surface area contributed by atoms with E-state index in [9.17, 15) is 0 Å². The molecule has 1 heterocycles. The first kappa shape index (κ1) is 16.0. The summed E-state index contributed by atoms with van der Waals surface area (Å²) >= 11 is 5.96. The summed E-state index contributed by atoms with van der Waals surface area (Å²) in [5.74, 6) is 0. The van der Waals surface area contributed by atoms with Crippen molar-refractivity contribution in [2.45, 2.75) is 32.5 Å². The predicted octanol–water partition coefficient (Wildman–Crippen LogP) is 3.25. The van der Waals surface area contributed by atoms with E-state index in [0.29, 0.717) is 6.54 Å². The van der Waals surface area contributed by atoms with E-state index in [1.165, 1.54) is 5.56 Å². The Kier molecular flexibility index (Phi) is 5.39. The summed E-state index contributed by atoms with van der Waals surface area (Å²) in [6, 6.07) is 8.37. The third kappa shape index (κ3) is 3.64. The quantitative estimate of drug-likeness (QED) is 0.891. The average molecular weight is 307 g/mol. The molecule has 2 aromatic rings. The minimum absolute atomic E-state index is 0.149. The van der Waals surface area contributed by atoms with Gasteiger partial charge in [0.2, 0.25) is 0 Å². The van der Waals surface area contributed by atoms with Crippen molar-refractivity contribution in [2.24, 2.45) is 5.73 Å². The topological polar surface area (TPSA) is 47.1 Å². The van der Waals surface area contributed by atoms with Gasteiger partial charge in [-0.2, -0.15) is 5.10 Å². The molecule has 114 valence electrons. The first-order chi connectivity index (χ1) is 10.1. The number of nitrogens with zero attached hydrogens (tertiary/aromatic N) is 3. The summed E-state index contributed by atoms with van der Waals surface area (Å²) in [6.45, 7) is 5.68. The van der Waals surface area contributed by atoms with Crippen LogP contribution in [0.2, 0.25) is 5.02 Å². The van der Waals surface area contributed by atoms with Crippen molar-refractivity contribution < 1.29 is 0 Å². The monoisotopic (exact) mass is 306 g/mol. The molecule has 2 atom stereocenters. The van der Waals surface area contributed by atoms with Crippen LogP contribution < -0.4 is 5.73 Å². The number of hydrogen-bond donors (Lipinski definition) is 1. The van der Waals surface area contributed by atoms with Crippen LogP contribution in [0.15, 0.2) is 36.7 Å². The average Bonchev–Trinajstić information content (AvgIpc) is 2.96. The van der Waals surface area contributed by atoms with Crippen molar-refractivity contribution in [2.75, 3.05) is 13.6 Å². The first-order valence-corrected chi connectivity index (χ1v) is 7.64. The molecule has 0 aliphatic rings. The van der Waals surface area contributed by atoms with Crippen LogP contribution in [0.5, 0.6) is 0 Å². The van der Waals surface area contributed by atoms with Gasteiger partial charge in [0.15, 0.2) is 0 Å². The highest BCUT2D eigenvalue weighted by molar-refractivity contribution is 6.30. The fraction of sp³-hybridized carbons (Fsp3) is 0.438. The molecule has 1 aromatic heterocycles. The SMILES string of the molecule is CCn1cc(C(CN)N(C)C(C)c2ccc(Cl)cc2)cn1. The van der Waals surface area contributed by atoms with Crippen LogP contribution in [0, 0.1) is 0 Å². The van der Waals surface area contributed by atoms with Gasteiger partial charge >= 0.3 is 0 Å². The van der Waals surface area contributed by atoms with Crippen molar-refractivity contribution in [3.8, 4) is 0 Å². The molecule has 2 unspecified atom stereocenters. The lowest BCUT2D eigenvalue weighted by atomic mass is 10.0. The molecule has 0 bridgehead atoms. The Balaban J connectivity index is 2.18. The maximum absolute atomic E-state index is 6.00. The number of likely N-dealkylation sites (N-methyl/N-ethyl adjacent to an activating group) is 1. The van der Waals surface area contributed by atoms with Crippen molar-refractivity contribution in [3.63, 3.8) is 0 Å². The third-order valence-corrected chi connectivity index (χ3v) is 4.29. The molecule has 0 radical (unpaired) electrons. The molecule has 0 aliphatic heterocycles. The highest BCUT2D eigenvalue weighted by Crippen LogP contribution is 2.28. The maximum Gasteiger partial charge on any atom is 0.0538 e. The molecule has 2 N–H and O–H groups in total. The Hall–Kier alpha value is -1.36. The van der Waals surface area contributed by atoms with E-state index in [4.69, 9.17) is 17.3 Å². The zero-order chi connectivity index (χ0) is 15.4. The highest BCUT2D eigenvalue weighted by atomic mass is 35.5. The molecule has 0 saturated heterocycles. The molecule has 21 heavy (non-hydrogen) atoms. The Morgan fingerprint density at radius 2 is 1.95 bits per heavy atom. The van der Waals surface area contributed by atoms with Gasteiger partial charge in [0.05, 0.1) is 12.2 Å². The van der Waals surface area contributed by atoms with E-state index in [2.05, 4.69) is 49.2 Å². The van der Waals surface area contributed by atoms with E-state index >= 15 is 0 Å². The summed E-state index contributed by atoms with van der Waals surface area (Å²) in [7, 11) is 2.10. The number of aromatic nitrogens is 2. The second kappa shape index (κ2) is 7.07. The van der Waals surface area contributed by atoms with Gasteiger partial charge in [-0.25, -0.2) is 0 Å². The van der Waals surface area contributed by atoms with Gasteiger partial charge in [0.25, 0.3) is 0 Å². The lowest BCUT2D eigenvalue weighted by Crippen LogP contribution is -2.32. The fourth-order valence-corrected chi connectivity index (χ4v) is 2.63. The molecule has 1 aromatic carbocycles. The van der Waals surface area contributed by atoms with Gasteiger partial charge < -0.3 is 5.73 Å². The first-order valence-electron chi connectivity index (χ1n) is 7.26. The predicted molar refractivity (Wildman–Crippen MR) is 87.3 cm³/mol. The smallest absolute Gasteiger partial charge is 0.0538 e. The number of nitrogens with two attached hydrogens (primary N) is 1. The van der Waals surface area contributed by atoms with Gasteiger partial charge in [-0.05, 0) is 38.6 Å². The second-order valence-corrected chi connectivity index (χ2v) is 5.71. The van der Waals surface area contributed by atoms with Crippen LogP contribution in [0.3, 0.4) is 0 Å². The van der Waals surface area contributed by atoms with Gasteiger partial charge in [0.1, 0.15) is 0 Å². The highest BCUT2D eigenvalue weighted by Gasteiger charge is 2.22. The van der Waals surface area contributed by atoms with Gasteiger partial charge in [-0.3, -0.25) is 9.58 Å². The summed E-state index contributed by atoms with van der Waals surface area (Å²) in [5, 5.41) is 5.10. The normalized spacial score (nSPS) is 14.4. The van der Waals surface area contributed by atoms with E-state index in [0.717, 1.165) is 17.1 Å². The Morgan fingerprint density at radius 1 is 1.29 bits per heavy atom. The van der Waals surface area contributed by atoms with Crippen molar-refractivity contribution in [1.29, 1.82) is 0 Å². The molecular weight excluding hydrogens is 284 g/mol. The number of benzene rings is 1. The Bertz CT molecular complexity index is 564. The number of hydrogen-bond acceptors (Lipinski definition) is 3. The zero-order valence-electron chi connectivity index (χ0n) is 12.8. The van der Waals surface area contributed by atoms with Crippen LogP contribution >= 0.6 is 11.6 Å². The van der Waals surface area contributed by atoms with Crippen molar-refractivity contribution >= 4 is 11.6 Å². The minimum atomic E-state index is 0.149. The summed E-state index contributed by atoms with van der Waals surface area (Å²) in [5.41, 5.74) is 8.38. The molecule has 5 heteroatoms. The van der Waals surface area contributed by atoms with Crippen LogP contribution in [0.25, 0.3) is 0 Å². The zero-order valence-corrected chi connectivity index (χ0v) is 13.6. The molecule has 0 aliphatic carbocycles. The maximum atomic E-state index is 6.00.